The van der Waals surface area contributed by atoms with E-state index in [9.17, 15) is 9.59 Å². The average molecular weight is 471 g/mol. The van der Waals surface area contributed by atoms with Crippen LogP contribution in [0.15, 0.2) is 49.3 Å². The van der Waals surface area contributed by atoms with E-state index in [0.29, 0.717) is 35.1 Å². The number of likely N-dealkylation sites (N-methyl/N-ethyl adjacent to an activating group) is 1. The number of anilines is 1. The van der Waals surface area contributed by atoms with Crippen LogP contribution in [0, 0.1) is 0 Å². The summed E-state index contributed by atoms with van der Waals surface area (Å²) < 4.78 is 15.9. The summed E-state index contributed by atoms with van der Waals surface area (Å²) in [5.41, 5.74) is -1.07. The Morgan fingerprint density at radius 1 is 1.06 bits per heavy atom. The smallest absolute Gasteiger partial charge is 0.413 e. The predicted molar refractivity (Wildman–Crippen MR) is 117 cm³/mol. The number of nitrogens with one attached hydrogen (secondary N) is 1. The first-order valence-electron chi connectivity index (χ1n) is 9.77. The Morgan fingerprint density at radius 3 is 2.36 bits per heavy atom. The zero-order chi connectivity index (χ0) is 23.4. The standard InChI is InChI=1S/C21H19ClN6O5/c1-28(18(29)21(5-6-21)27-20(30)33-14-8-23-12-24-9-14)19-25-10-15(11-26-19)32-17-4-3-13(31-2)7-16(17)22/h3-4,7-12H,5-6H2,1-2H3,(H,27,30). The molecule has 1 aliphatic rings. The first-order chi connectivity index (χ1) is 15.9. The lowest BCUT2D eigenvalue weighted by Crippen LogP contribution is -2.50. The molecule has 170 valence electrons. The third-order valence-electron chi connectivity index (χ3n) is 4.83. The Morgan fingerprint density at radius 2 is 1.76 bits per heavy atom. The van der Waals surface area contributed by atoms with Gasteiger partial charge in [0.25, 0.3) is 5.91 Å². The number of nitrogens with zero attached hydrogens (tertiary/aromatic N) is 5. The highest BCUT2D eigenvalue weighted by Crippen LogP contribution is 2.38. The van der Waals surface area contributed by atoms with Crippen LogP contribution in [0.1, 0.15) is 12.8 Å². The SMILES string of the molecule is COc1ccc(Oc2cnc(N(C)C(=O)C3(NC(=O)Oc4cncnc4)CC3)nc2)c(Cl)c1. The number of benzene rings is 1. The van der Waals surface area contributed by atoms with E-state index in [1.165, 1.54) is 43.1 Å². The summed E-state index contributed by atoms with van der Waals surface area (Å²) in [6, 6.07) is 4.99. The maximum atomic E-state index is 13.0. The van der Waals surface area contributed by atoms with Gasteiger partial charge in [-0.2, -0.15) is 0 Å². The Balaban J connectivity index is 1.39. The van der Waals surface area contributed by atoms with Crippen molar-refractivity contribution in [3.63, 3.8) is 0 Å². The van der Waals surface area contributed by atoms with Gasteiger partial charge >= 0.3 is 6.09 Å². The average Bonchev–Trinajstić information content (AvgIpc) is 3.60. The molecule has 0 radical (unpaired) electrons. The molecule has 0 unspecified atom stereocenters. The number of ether oxygens (including phenoxy) is 3. The molecule has 0 spiro atoms. The molecule has 12 heteroatoms. The van der Waals surface area contributed by atoms with E-state index in [4.69, 9.17) is 25.8 Å². The van der Waals surface area contributed by atoms with E-state index >= 15 is 0 Å². The lowest BCUT2D eigenvalue weighted by molar-refractivity contribution is -0.121. The second-order valence-corrected chi connectivity index (χ2v) is 7.56. The third-order valence-corrected chi connectivity index (χ3v) is 5.13. The maximum absolute atomic E-state index is 13.0. The molecule has 2 aromatic heterocycles. The molecule has 1 fully saturated rings. The quantitative estimate of drug-likeness (QED) is 0.553. The number of hydrogen-bond donors (Lipinski definition) is 1. The van der Waals surface area contributed by atoms with Crippen molar-refractivity contribution in [1.82, 2.24) is 25.3 Å². The fourth-order valence-corrected chi connectivity index (χ4v) is 3.16. The normalized spacial score (nSPS) is 13.5. The number of methoxy groups -OCH3 is 1. The summed E-state index contributed by atoms with van der Waals surface area (Å²) >= 11 is 6.18. The first kappa shape index (κ1) is 22.2. The molecule has 0 saturated heterocycles. The van der Waals surface area contributed by atoms with Gasteiger partial charge in [0.05, 0.1) is 36.9 Å². The second-order valence-electron chi connectivity index (χ2n) is 7.15. The molecular formula is C21H19ClN6O5. The molecule has 2 amide bonds. The Bertz CT molecular complexity index is 1160. The largest absolute Gasteiger partial charge is 0.497 e. The molecular weight excluding hydrogens is 452 g/mol. The third kappa shape index (κ3) is 5.09. The molecule has 0 atom stereocenters. The van der Waals surface area contributed by atoms with Crippen molar-refractivity contribution < 1.29 is 23.8 Å². The van der Waals surface area contributed by atoms with Crippen LogP contribution in [0.3, 0.4) is 0 Å². The highest BCUT2D eigenvalue weighted by molar-refractivity contribution is 6.32. The molecule has 0 aliphatic heterocycles. The summed E-state index contributed by atoms with van der Waals surface area (Å²) in [6.07, 6.45) is 7.00. The van der Waals surface area contributed by atoms with Crippen LogP contribution in [0.25, 0.3) is 0 Å². The lowest BCUT2D eigenvalue weighted by Gasteiger charge is -2.22. The van der Waals surface area contributed by atoms with E-state index in [-0.39, 0.29) is 17.6 Å². The van der Waals surface area contributed by atoms with E-state index in [2.05, 4.69) is 25.3 Å². The summed E-state index contributed by atoms with van der Waals surface area (Å²) in [7, 11) is 3.07. The zero-order valence-electron chi connectivity index (χ0n) is 17.7. The fourth-order valence-electron chi connectivity index (χ4n) is 2.95. The number of aromatic nitrogens is 4. The number of halogens is 1. The molecule has 33 heavy (non-hydrogen) atoms. The fraction of sp³-hybridized carbons (Fsp3) is 0.238. The van der Waals surface area contributed by atoms with Gasteiger partial charge in [0, 0.05) is 13.1 Å². The molecule has 4 rings (SSSR count). The van der Waals surface area contributed by atoms with Crippen molar-refractivity contribution in [3.8, 4) is 23.0 Å². The Labute approximate surface area is 193 Å². The van der Waals surface area contributed by atoms with Gasteiger partial charge in [-0.05, 0) is 25.0 Å². The van der Waals surface area contributed by atoms with Crippen molar-refractivity contribution in [3.05, 3.63) is 54.3 Å². The van der Waals surface area contributed by atoms with Crippen LogP contribution in [0.2, 0.25) is 5.02 Å². The number of rotatable bonds is 7. The summed E-state index contributed by atoms with van der Waals surface area (Å²) in [5.74, 6) is 1.29. The van der Waals surface area contributed by atoms with Gasteiger partial charge < -0.3 is 19.5 Å². The topological polar surface area (TPSA) is 129 Å². The second kappa shape index (κ2) is 9.25. The summed E-state index contributed by atoms with van der Waals surface area (Å²) in [5, 5.41) is 2.98. The van der Waals surface area contributed by atoms with Crippen molar-refractivity contribution in [2.24, 2.45) is 0 Å². The number of carbonyl (C=O) groups excluding carboxylic acids is 2. The van der Waals surface area contributed by atoms with Crippen molar-refractivity contribution in [1.29, 1.82) is 0 Å². The Hall–Kier alpha value is -3.99. The molecule has 1 saturated carbocycles. The number of carbonyl (C=O) groups is 2. The van der Waals surface area contributed by atoms with Crippen LogP contribution in [0.5, 0.6) is 23.0 Å². The highest BCUT2D eigenvalue weighted by Gasteiger charge is 2.53. The van der Waals surface area contributed by atoms with E-state index in [0.717, 1.165) is 0 Å². The lowest BCUT2D eigenvalue weighted by atomic mass is 10.2. The molecule has 3 aromatic rings. The van der Waals surface area contributed by atoms with Gasteiger partial charge in [-0.15, -0.1) is 0 Å². The summed E-state index contributed by atoms with van der Waals surface area (Å²) in [6.45, 7) is 0. The van der Waals surface area contributed by atoms with Gasteiger partial charge in [-0.25, -0.2) is 24.7 Å². The van der Waals surface area contributed by atoms with Gasteiger partial charge in [0.2, 0.25) is 5.95 Å². The summed E-state index contributed by atoms with van der Waals surface area (Å²) in [4.78, 5) is 42.4. The molecule has 1 aromatic carbocycles. The highest BCUT2D eigenvalue weighted by atomic mass is 35.5. The Kier molecular flexibility index (Phi) is 6.22. The van der Waals surface area contributed by atoms with Gasteiger partial charge in [0.1, 0.15) is 23.4 Å². The van der Waals surface area contributed by atoms with E-state index < -0.39 is 11.6 Å². The minimum Gasteiger partial charge on any atom is -0.497 e. The predicted octanol–water partition coefficient (Wildman–Crippen LogP) is 3.00. The molecule has 11 nitrogen and oxygen atoms in total. The van der Waals surface area contributed by atoms with Crippen LogP contribution < -0.4 is 24.4 Å². The van der Waals surface area contributed by atoms with Gasteiger partial charge in [0.15, 0.2) is 11.5 Å². The number of hydrogen-bond acceptors (Lipinski definition) is 9. The van der Waals surface area contributed by atoms with Crippen LogP contribution >= 0.6 is 11.6 Å². The molecule has 0 bridgehead atoms. The minimum absolute atomic E-state index is 0.145. The van der Waals surface area contributed by atoms with Crippen LogP contribution in [0.4, 0.5) is 10.7 Å². The van der Waals surface area contributed by atoms with E-state index in [1.807, 2.05) is 0 Å². The monoisotopic (exact) mass is 470 g/mol. The van der Waals surface area contributed by atoms with Crippen LogP contribution in [-0.4, -0.2) is 51.6 Å². The number of amides is 2. The molecule has 1 N–H and O–H groups in total. The van der Waals surface area contributed by atoms with Crippen molar-refractivity contribution in [2.75, 3.05) is 19.1 Å². The van der Waals surface area contributed by atoms with Crippen molar-refractivity contribution >= 4 is 29.5 Å². The van der Waals surface area contributed by atoms with Crippen LogP contribution in [-0.2, 0) is 4.79 Å². The molecule has 1 aliphatic carbocycles. The zero-order valence-corrected chi connectivity index (χ0v) is 18.4. The van der Waals surface area contributed by atoms with Gasteiger partial charge in [-0.1, -0.05) is 11.6 Å². The minimum atomic E-state index is -1.07. The maximum Gasteiger partial charge on any atom is 0.413 e. The first-order valence-corrected chi connectivity index (χ1v) is 10.1. The van der Waals surface area contributed by atoms with Gasteiger partial charge in [-0.3, -0.25) is 9.69 Å². The molecule has 2 heterocycles. The van der Waals surface area contributed by atoms with E-state index in [1.54, 1.807) is 25.3 Å². The van der Waals surface area contributed by atoms with Crippen molar-refractivity contribution in [2.45, 2.75) is 18.4 Å².